The van der Waals surface area contributed by atoms with Crippen molar-refractivity contribution in [2.75, 3.05) is 0 Å². The Bertz CT molecular complexity index is 6.49. The molecule has 0 saturated heterocycles. The summed E-state index contributed by atoms with van der Waals surface area (Å²) in [5.41, 5.74) is 0. The monoisotopic (exact) mass is 232 g/mol. The second-order valence-electron chi connectivity index (χ2n) is 0. The van der Waals surface area contributed by atoms with E-state index < -0.39 is 0 Å². The first-order valence-electron chi connectivity index (χ1n) is 0.500. The Balaban J connectivity index is -0.000000000333. The molecule has 0 aromatic heterocycles. The molecule has 0 radical (unpaired) electrons. The predicted octanol–water partition coefficient (Wildman–Crippen LogP) is 1.48. The Hall–Kier alpha value is 1.84. The summed E-state index contributed by atoms with van der Waals surface area (Å²) in [5.74, 6) is 0. The van der Waals surface area contributed by atoms with E-state index in [1.54, 1.807) is 0 Å². The normalized spacial score (nSPS) is 0.500. The largest absolute Gasteiger partial charge is 0.197 e. The molecule has 0 fully saturated rings. The van der Waals surface area contributed by atoms with Crippen LogP contribution < -0.4 is 0 Å². The molecule has 8 heavy (non-hydrogen) atoms. The smallest absolute Gasteiger partial charge is 0.106 e. The van der Waals surface area contributed by atoms with Crippen LogP contribution in [0.5, 0.6) is 0 Å². The number of hydrogen-bond donors (Lipinski definition) is 0. The zero-order chi connectivity index (χ0) is 2.00. The third kappa shape index (κ3) is 108. The average Bonchev–Trinajstić information content (AvgIpc) is 1.00. The number of rotatable bonds is 0. The van der Waals surface area contributed by atoms with Crippen LogP contribution in [-0.2, 0) is 0 Å². The Morgan fingerprint density at radius 1 is 0.375 bits per heavy atom. The van der Waals surface area contributed by atoms with Gasteiger partial charge in [0.2, 0.25) is 0 Å². The highest BCUT2D eigenvalue weighted by Crippen LogP contribution is 0.862. The molecule has 0 rings (SSSR count). The van der Waals surface area contributed by atoms with E-state index in [0.717, 1.165) is 0 Å². The van der Waals surface area contributed by atoms with Crippen LogP contribution >= 0.6 is 81.0 Å². The van der Waals surface area contributed by atoms with Crippen LogP contribution in [0.25, 0.3) is 0 Å². The Morgan fingerprint density at radius 2 is 0.375 bits per heavy atom. The maximum atomic E-state index is 3.00. The van der Waals surface area contributed by atoms with Gasteiger partial charge in [-0.25, -0.2) is 0 Å². The molecule has 0 unspecified atom stereocenters. The van der Waals surface area contributed by atoms with E-state index in [9.17, 15) is 0 Å². The van der Waals surface area contributed by atoms with Crippen molar-refractivity contribution in [3.8, 4) is 0 Å². The summed E-state index contributed by atoms with van der Waals surface area (Å²) < 4.78 is 0. The van der Waals surface area contributed by atoms with Gasteiger partial charge in [-0.05, 0) is 0 Å². The van der Waals surface area contributed by atoms with Crippen molar-refractivity contribution in [2.45, 2.75) is 0 Å². The van der Waals surface area contributed by atoms with Crippen LogP contribution in [0.2, 0.25) is 0 Å². The van der Waals surface area contributed by atoms with Crippen LogP contribution in [0.4, 0.5) is 0 Å². The molecule has 0 aliphatic rings. The molecule has 0 atom stereocenters. The van der Waals surface area contributed by atoms with Crippen LogP contribution in [0.3, 0.4) is 0 Å². The van der Waals surface area contributed by atoms with Gasteiger partial charge < -0.3 is 0 Å². The van der Waals surface area contributed by atoms with Gasteiger partial charge in [0.25, 0.3) is 0 Å². The Labute approximate surface area is 93.6 Å². The van der Waals surface area contributed by atoms with E-state index in [-0.39, 0.29) is 81.0 Å². The maximum Gasteiger partial charge on any atom is -0.106 e. The van der Waals surface area contributed by atoms with Gasteiger partial charge >= 0.3 is 0 Å². The molecule has 0 aromatic rings. The SMILES string of the molecule is C=C.S.S.S.S.S.S. The van der Waals surface area contributed by atoms with E-state index in [0.29, 0.717) is 0 Å². The molecule has 0 heterocycles. The first kappa shape index (κ1) is 95.3. The topological polar surface area (TPSA) is 0 Å². The lowest BCUT2D eigenvalue weighted by molar-refractivity contribution is 2.81. The fourth-order valence-electron chi connectivity index (χ4n) is 0. The fraction of sp³-hybridized carbons (Fsp3) is 0. The van der Waals surface area contributed by atoms with Gasteiger partial charge in [-0.3, -0.25) is 0 Å². The Morgan fingerprint density at radius 3 is 0.375 bits per heavy atom. The summed E-state index contributed by atoms with van der Waals surface area (Å²) in [6, 6.07) is 0. The molecule has 0 aliphatic carbocycles. The lowest BCUT2D eigenvalue weighted by atomic mass is 11.3. The average molecular weight is 233 g/mol. The molecule has 0 N–H and O–H groups in total. The van der Waals surface area contributed by atoms with Crippen molar-refractivity contribution in [3.63, 3.8) is 0 Å². The first-order chi connectivity index (χ1) is 1.00. The molecule has 6 heteroatoms. The molecule has 0 amide bonds. The number of hydrogen-bond acceptors (Lipinski definition) is 0. The van der Waals surface area contributed by atoms with E-state index in [4.69, 9.17) is 0 Å². The molecular weight excluding hydrogens is 216 g/mol. The van der Waals surface area contributed by atoms with E-state index >= 15 is 0 Å². The summed E-state index contributed by atoms with van der Waals surface area (Å²) in [7, 11) is 0. The zero-order valence-corrected chi connectivity index (χ0v) is 10.4. The quantitative estimate of drug-likeness (QED) is 0.555. The molecule has 0 spiro atoms. The molecule has 0 bridgehead atoms. The summed E-state index contributed by atoms with van der Waals surface area (Å²) in [6.45, 7) is 6.00. The zero-order valence-electron chi connectivity index (χ0n) is 4.41. The highest BCUT2D eigenvalue weighted by atomic mass is 32.1. The van der Waals surface area contributed by atoms with Gasteiger partial charge in [0, 0.05) is 0 Å². The van der Waals surface area contributed by atoms with Gasteiger partial charge in [-0.2, -0.15) is 81.0 Å². The van der Waals surface area contributed by atoms with Crippen LogP contribution in [0.1, 0.15) is 0 Å². The van der Waals surface area contributed by atoms with E-state index in [2.05, 4.69) is 13.2 Å². The molecule has 0 aliphatic heterocycles. The van der Waals surface area contributed by atoms with Crippen molar-refractivity contribution in [2.24, 2.45) is 0 Å². The third-order valence-corrected chi connectivity index (χ3v) is 0. The van der Waals surface area contributed by atoms with Crippen molar-refractivity contribution >= 4 is 81.0 Å². The van der Waals surface area contributed by atoms with Crippen molar-refractivity contribution < 1.29 is 0 Å². The van der Waals surface area contributed by atoms with E-state index in [1.807, 2.05) is 0 Å². The minimum atomic E-state index is 0. The standard InChI is InChI=1S/C2H4.6H2S/c1-2;;;;;;/h1-2H2;6*1H2. The maximum absolute atomic E-state index is 3.00. The second-order valence-corrected chi connectivity index (χ2v) is 0. The van der Waals surface area contributed by atoms with Gasteiger partial charge in [-0.1, -0.05) is 0 Å². The minimum Gasteiger partial charge on any atom is -0.197 e. The van der Waals surface area contributed by atoms with Gasteiger partial charge in [0.15, 0.2) is 0 Å². The van der Waals surface area contributed by atoms with Crippen molar-refractivity contribution in [3.05, 3.63) is 13.2 Å². The summed E-state index contributed by atoms with van der Waals surface area (Å²) >= 11 is 0. The summed E-state index contributed by atoms with van der Waals surface area (Å²) in [6.07, 6.45) is 0. The van der Waals surface area contributed by atoms with Crippen LogP contribution in [0, 0.1) is 0 Å². The second kappa shape index (κ2) is 160. The predicted molar refractivity (Wildman–Crippen MR) is 73.5 cm³/mol. The van der Waals surface area contributed by atoms with Gasteiger partial charge in [0.1, 0.15) is 0 Å². The first-order valence-corrected chi connectivity index (χ1v) is 0.500. The molecule has 60 valence electrons. The van der Waals surface area contributed by atoms with Crippen molar-refractivity contribution in [1.29, 1.82) is 0 Å². The van der Waals surface area contributed by atoms with E-state index in [1.165, 1.54) is 0 Å². The fourth-order valence-corrected chi connectivity index (χ4v) is 0. The molecule has 0 aromatic carbocycles. The lowest BCUT2D eigenvalue weighted by Crippen LogP contribution is -0.552. The Kier molecular flexibility index (Phi) is 1910. The van der Waals surface area contributed by atoms with Crippen LogP contribution in [0.15, 0.2) is 13.2 Å². The van der Waals surface area contributed by atoms with Gasteiger partial charge in [0.05, 0.1) is 0 Å². The van der Waals surface area contributed by atoms with Crippen molar-refractivity contribution in [1.82, 2.24) is 0 Å². The summed E-state index contributed by atoms with van der Waals surface area (Å²) in [4.78, 5) is 0. The summed E-state index contributed by atoms with van der Waals surface area (Å²) in [5, 5.41) is 0. The molecule has 0 saturated carbocycles. The minimum absolute atomic E-state index is 0. The lowest BCUT2D eigenvalue weighted by Gasteiger charge is -0.813. The molecular formula is C2H16S6. The third-order valence-electron chi connectivity index (χ3n) is 0. The van der Waals surface area contributed by atoms with Gasteiger partial charge in [-0.15, -0.1) is 13.2 Å². The highest BCUT2D eigenvalue weighted by molar-refractivity contribution is 7.60. The highest BCUT2D eigenvalue weighted by Gasteiger charge is 0.601. The van der Waals surface area contributed by atoms with Crippen LogP contribution in [-0.4, -0.2) is 0 Å². The molecule has 0 nitrogen and oxygen atoms in total.